The summed E-state index contributed by atoms with van der Waals surface area (Å²) < 4.78 is 5.30. The quantitative estimate of drug-likeness (QED) is 0.167. The van der Waals surface area contributed by atoms with Crippen LogP contribution in [0.5, 0.6) is 0 Å². The van der Waals surface area contributed by atoms with Crippen LogP contribution < -0.4 is 5.32 Å². The van der Waals surface area contributed by atoms with Crippen molar-refractivity contribution in [3.8, 4) is 0 Å². The summed E-state index contributed by atoms with van der Waals surface area (Å²) in [5.74, 6) is -1.85. The average molecular weight is 480 g/mol. The zero-order valence-electron chi connectivity index (χ0n) is 19.4. The highest BCUT2D eigenvalue weighted by molar-refractivity contribution is 5.88. The first kappa shape index (κ1) is 27.0. The number of hydrogen-bond acceptors (Lipinski definition) is 8. The zero-order chi connectivity index (χ0) is 24.9. The van der Waals surface area contributed by atoms with E-state index in [1.54, 1.807) is 6.92 Å². The molecule has 3 unspecified atom stereocenters. The Balaban J connectivity index is 1.79. The number of aliphatic carboxylic acids is 1. The van der Waals surface area contributed by atoms with Crippen LogP contribution in [0.2, 0.25) is 0 Å². The number of carboxylic acid groups (broad SMARTS) is 1. The van der Waals surface area contributed by atoms with Crippen molar-refractivity contribution in [1.82, 2.24) is 10.2 Å². The molecule has 1 amide bonds. The predicted octanol–water partition coefficient (Wildman–Crippen LogP) is 1.96. The van der Waals surface area contributed by atoms with E-state index >= 15 is 0 Å². The molecule has 11 nitrogen and oxygen atoms in total. The first-order valence-corrected chi connectivity index (χ1v) is 11.6. The second kappa shape index (κ2) is 14.1. The van der Waals surface area contributed by atoms with E-state index in [1.807, 2.05) is 30.3 Å². The predicted molar refractivity (Wildman–Crippen MR) is 121 cm³/mol. The minimum atomic E-state index is -1.03. The van der Waals surface area contributed by atoms with Crippen LogP contribution >= 0.6 is 0 Å². The van der Waals surface area contributed by atoms with Gasteiger partial charge in [-0.05, 0) is 57.4 Å². The van der Waals surface area contributed by atoms with E-state index in [4.69, 9.17) is 4.74 Å². The largest absolute Gasteiger partial charge is 0.480 e. The molecular formula is C23H33N3O8. The Hall–Kier alpha value is -3.21. The van der Waals surface area contributed by atoms with Gasteiger partial charge in [0.05, 0.1) is 19.3 Å². The monoisotopic (exact) mass is 479 g/mol. The zero-order valence-corrected chi connectivity index (χ0v) is 19.4. The molecule has 0 bridgehead atoms. The molecule has 0 spiro atoms. The van der Waals surface area contributed by atoms with Crippen LogP contribution in [-0.4, -0.2) is 70.8 Å². The molecule has 0 aromatic heterocycles. The summed E-state index contributed by atoms with van der Waals surface area (Å²) in [6.45, 7) is 2.17. The molecule has 188 valence electrons. The van der Waals surface area contributed by atoms with Crippen LogP contribution in [-0.2, 0) is 30.4 Å². The molecule has 0 radical (unpaired) electrons. The Kier molecular flexibility index (Phi) is 11.2. The molecular weight excluding hydrogens is 446 g/mol. The molecule has 2 N–H and O–H groups in total. The Bertz CT molecular complexity index is 820. The van der Waals surface area contributed by atoms with Crippen molar-refractivity contribution in [2.24, 2.45) is 0 Å². The van der Waals surface area contributed by atoms with Crippen LogP contribution in [0.1, 0.15) is 51.0 Å². The molecule has 2 rings (SSSR count). The van der Waals surface area contributed by atoms with Crippen LogP contribution in [0.3, 0.4) is 0 Å². The number of amides is 1. The number of benzene rings is 1. The molecule has 3 atom stereocenters. The highest BCUT2D eigenvalue weighted by Crippen LogP contribution is 2.20. The van der Waals surface area contributed by atoms with Crippen molar-refractivity contribution in [2.45, 2.75) is 70.0 Å². The van der Waals surface area contributed by atoms with Gasteiger partial charge in [-0.25, -0.2) is 4.79 Å². The number of unbranched alkanes of at least 4 members (excludes halogenated alkanes) is 2. The van der Waals surface area contributed by atoms with Crippen LogP contribution in [0, 0.1) is 10.1 Å². The Morgan fingerprint density at radius 3 is 2.59 bits per heavy atom. The fraction of sp³-hybridized carbons (Fsp3) is 0.609. The third-order valence-corrected chi connectivity index (χ3v) is 5.72. The number of esters is 1. The number of nitrogens with zero attached hydrogens (tertiary/aromatic N) is 2. The molecule has 34 heavy (non-hydrogen) atoms. The van der Waals surface area contributed by atoms with Crippen LogP contribution in [0.15, 0.2) is 30.3 Å². The lowest BCUT2D eigenvalue weighted by Gasteiger charge is -2.28. The van der Waals surface area contributed by atoms with Gasteiger partial charge in [-0.1, -0.05) is 30.3 Å². The molecule has 11 heteroatoms. The number of likely N-dealkylation sites (tertiary alicyclic amines) is 1. The molecule has 0 aliphatic carbocycles. The van der Waals surface area contributed by atoms with Gasteiger partial charge in [0.15, 0.2) is 0 Å². The van der Waals surface area contributed by atoms with Gasteiger partial charge in [-0.15, -0.1) is 10.1 Å². The highest BCUT2D eigenvalue weighted by Gasteiger charge is 2.37. The van der Waals surface area contributed by atoms with E-state index < -0.39 is 35.2 Å². The maximum Gasteiger partial charge on any atom is 0.328 e. The first-order chi connectivity index (χ1) is 16.3. The van der Waals surface area contributed by atoms with E-state index in [-0.39, 0.29) is 19.1 Å². The normalized spacial score (nSPS) is 17.1. The number of carboxylic acids is 1. The SMILES string of the molecule is CC(NC(CCc1ccccc1)C(=O)O)C(=O)N1CCCC1C(=O)OCCCCCO[N+](=O)[O-]. The van der Waals surface area contributed by atoms with E-state index in [2.05, 4.69) is 10.2 Å². The summed E-state index contributed by atoms with van der Waals surface area (Å²) in [5, 5.41) is 21.7. The smallest absolute Gasteiger partial charge is 0.328 e. The summed E-state index contributed by atoms with van der Waals surface area (Å²) in [6.07, 6.45) is 3.65. The van der Waals surface area contributed by atoms with E-state index in [9.17, 15) is 29.6 Å². The molecule has 1 aromatic carbocycles. The molecule has 1 heterocycles. The lowest BCUT2D eigenvalue weighted by Crippen LogP contribution is -2.53. The van der Waals surface area contributed by atoms with E-state index in [0.717, 1.165) is 5.56 Å². The fourth-order valence-electron chi connectivity index (χ4n) is 3.92. The first-order valence-electron chi connectivity index (χ1n) is 11.6. The van der Waals surface area contributed by atoms with Crippen LogP contribution in [0.4, 0.5) is 0 Å². The molecule has 1 aromatic rings. The fourth-order valence-corrected chi connectivity index (χ4v) is 3.92. The molecule has 1 aliphatic heterocycles. The summed E-state index contributed by atoms with van der Waals surface area (Å²) in [6, 6.07) is 7.16. The number of carbonyl (C=O) groups is 3. The summed E-state index contributed by atoms with van der Waals surface area (Å²) in [5.41, 5.74) is 1.02. The van der Waals surface area contributed by atoms with Gasteiger partial charge in [0.1, 0.15) is 12.1 Å². The Labute approximate surface area is 198 Å². The van der Waals surface area contributed by atoms with E-state index in [1.165, 1.54) is 4.90 Å². The van der Waals surface area contributed by atoms with Crippen molar-refractivity contribution in [1.29, 1.82) is 0 Å². The molecule has 0 saturated carbocycles. The number of carbonyl (C=O) groups excluding carboxylic acids is 2. The minimum Gasteiger partial charge on any atom is -0.480 e. The maximum atomic E-state index is 13.0. The Morgan fingerprint density at radius 1 is 1.21 bits per heavy atom. The van der Waals surface area contributed by atoms with Crippen LogP contribution in [0.25, 0.3) is 0 Å². The molecule has 1 aliphatic rings. The minimum absolute atomic E-state index is 0.000570. The lowest BCUT2D eigenvalue weighted by atomic mass is 10.0. The van der Waals surface area contributed by atoms with Gasteiger partial charge >= 0.3 is 11.9 Å². The summed E-state index contributed by atoms with van der Waals surface area (Å²) in [4.78, 5) is 53.0. The van der Waals surface area contributed by atoms with Gasteiger partial charge in [0, 0.05) is 6.54 Å². The maximum absolute atomic E-state index is 13.0. The van der Waals surface area contributed by atoms with Gasteiger partial charge in [-0.3, -0.25) is 14.9 Å². The highest BCUT2D eigenvalue weighted by atomic mass is 16.9. The van der Waals surface area contributed by atoms with Crippen molar-refractivity contribution in [3.05, 3.63) is 46.0 Å². The number of rotatable bonds is 15. The van der Waals surface area contributed by atoms with Crippen molar-refractivity contribution < 1.29 is 34.2 Å². The number of hydrogen-bond donors (Lipinski definition) is 2. The van der Waals surface area contributed by atoms with Crippen molar-refractivity contribution in [3.63, 3.8) is 0 Å². The molecule has 1 fully saturated rings. The van der Waals surface area contributed by atoms with Gasteiger partial charge in [-0.2, -0.15) is 0 Å². The second-order valence-corrected chi connectivity index (χ2v) is 8.28. The van der Waals surface area contributed by atoms with Crippen molar-refractivity contribution in [2.75, 3.05) is 19.8 Å². The lowest BCUT2D eigenvalue weighted by molar-refractivity contribution is -0.757. The second-order valence-electron chi connectivity index (χ2n) is 8.28. The van der Waals surface area contributed by atoms with Crippen molar-refractivity contribution >= 4 is 17.8 Å². The number of aryl methyl sites for hydroxylation is 1. The molecule has 1 saturated heterocycles. The summed E-state index contributed by atoms with van der Waals surface area (Å²) >= 11 is 0. The number of nitrogens with one attached hydrogen (secondary N) is 1. The van der Waals surface area contributed by atoms with E-state index in [0.29, 0.717) is 51.5 Å². The van der Waals surface area contributed by atoms with Gasteiger partial charge in [0.2, 0.25) is 5.91 Å². The Morgan fingerprint density at radius 2 is 1.91 bits per heavy atom. The third kappa shape index (κ3) is 8.97. The summed E-state index contributed by atoms with van der Waals surface area (Å²) in [7, 11) is 0. The third-order valence-electron chi connectivity index (χ3n) is 5.72. The van der Waals surface area contributed by atoms with Gasteiger partial charge < -0.3 is 19.6 Å². The number of ether oxygens (including phenoxy) is 1. The average Bonchev–Trinajstić information content (AvgIpc) is 3.30. The standard InChI is InChI=1S/C23H33N3O8/c1-17(24-19(22(28)29)13-12-18-9-4-2-5-10-18)21(27)25-14-8-11-20(25)23(30)33-15-6-3-7-16-34-26(31)32/h2,4-5,9-10,17,19-20,24H,3,6-8,11-16H2,1H3,(H,28,29). The topological polar surface area (TPSA) is 148 Å². The van der Waals surface area contributed by atoms with Gasteiger partial charge in [0.25, 0.3) is 5.09 Å².